The normalized spacial score (nSPS) is 11.1. The summed E-state index contributed by atoms with van der Waals surface area (Å²) in [6.07, 6.45) is 2.45. The van der Waals surface area contributed by atoms with Gasteiger partial charge < -0.3 is 10.1 Å². The van der Waals surface area contributed by atoms with Crippen LogP contribution in [0.2, 0.25) is 0 Å². The minimum Gasteiger partial charge on any atom is -0.495 e. The van der Waals surface area contributed by atoms with Crippen LogP contribution in [0.25, 0.3) is 5.69 Å². The number of benzene rings is 3. The summed E-state index contributed by atoms with van der Waals surface area (Å²) in [5, 5.41) is 7.38. The zero-order valence-corrected chi connectivity index (χ0v) is 20.3. The van der Waals surface area contributed by atoms with Gasteiger partial charge in [-0.3, -0.25) is 9.10 Å². The number of anilines is 1. The van der Waals surface area contributed by atoms with Crippen LogP contribution in [-0.4, -0.2) is 44.8 Å². The van der Waals surface area contributed by atoms with Crippen LogP contribution in [0.4, 0.5) is 5.69 Å². The fraction of sp³-hybridized carbons (Fsp3) is 0.154. The highest BCUT2D eigenvalue weighted by molar-refractivity contribution is 7.92. The quantitative estimate of drug-likeness (QED) is 0.386. The number of amides is 1. The second-order valence-corrected chi connectivity index (χ2v) is 9.73. The van der Waals surface area contributed by atoms with Crippen LogP contribution >= 0.6 is 0 Å². The molecule has 0 fully saturated rings. The monoisotopic (exact) mass is 490 g/mol. The number of nitrogens with zero attached hydrogens (tertiary/aromatic N) is 3. The Balaban J connectivity index is 1.37. The van der Waals surface area contributed by atoms with Crippen molar-refractivity contribution >= 4 is 21.6 Å². The number of aromatic nitrogens is 2. The second-order valence-electron chi connectivity index (χ2n) is 7.76. The first-order chi connectivity index (χ1) is 16.9. The molecule has 4 aromatic rings. The van der Waals surface area contributed by atoms with Gasteiger partial charge in [0.05, 0.1) is 29.1 Å². The Hall–Kier alpha value is -4.11. The van der Waals surface area contributed by atoms with E-state index in [1.54, 1.807) is 28.9 Å². The lowest BCUT2D eigenvalue weighted by molar-refractivity contribution is 0.0954. The molecule has 0 radical (unpaired) electrons. The van der Waals surface area contributed by atoms with Gasteiger partial charge in [0.25, 0.3) is 15.9 Å². The van der Waals surface area contributed by atoms with Gasteiger partial charge in [0, 0.05) is 31.8 Å². The maximum Gasteiger partial charge on any atom is 0.264 e. The molecule has 0 spiro atoms. The van der Waals surface area contributed by atoms with Gasteiger partial charge in [-0.15, -0.1) is 0 Å². The Morgan fingerprint density at radius 2 is 1.66 bits per heavy atom. The Morgan fingerprint density at radius 3 is 2.37 bits per heavy atom. The van der Waals surface area contributed by atoms with E-state index < -0.39 is 10.0 Å². The summed E-state index contributed by atoms with van der Waals surface area (Å²) in [6.45, 7) is 0.404. The fourth-order valence-corrected chi connectivity index (χ4v) is 4.79. The fourth-order valence-electron chi connectivity index (χ4n) is 3.58. The molecular formula is C26H26N4O4S. The van der Waals surface area contributed by atoms with Crippen molar-refractivity contribution in [2.45, 2.75) is 11.3 Å². The highest BCUT2D eigenvalue weighted by atomic mass is 32.2. The molecule has 9 heteroatoms. The van der Waals surface area contributed by atoms with E-state index in [9.17, 15) is 13.2 Å². The number of hydrogen-bond acceptors (Lipinski definition) is 5. The zero-order chi connectivity index (χ0) is 24.8. The maximum atomic E-state index is 13.1. The summed E-state index contributed by atoms with van der Waals surface area (Å²) in [6, 6.07) is 24.4. The zero-order valence-electron chi connectivity index (χ0n) is 19.5. The van der Waals surface area contributed by atoms with E-state index in [-0.39, 0.29) is 10.8 Å². The molecule has 35 heavy (non-hydrogen) atoms. The molecule has 180 valence electrons. The smallest absolute Gasteiger partial charge is 0.264 e. The summed E-state index contributed by atoms with van der Waals surface area (Å²) >= 11 is 0. The molecule has 1 aromatic heterocycles. The summed E-state index contributed by atoms with van der Waals surface area (Å²) in [5.74, 6) is 0.165. The summed E-state index contributed by atoms with van der Waals surface area (Å²) in [4.78, 5) is 12.6. The number of hydrogen-bond donors (Lipinski definition) is 1. The third-order valence-corrected chi connectivity index (χ3v) is 7.32. The number of para-hydroxylation sites is 3. The molecule has 0 aliphatic rings. The van der Waals surface area contributed by atoms with E-state index in [4.69, 9.17) is 4.74 Å². The van der Waals surface area contributed by atoms with Crippen molar-refractivity contribution in [1.29, 1.82) is 0 Å². The third-order valence-electron chi connectivity index (χ3n) is 5.53. The lowest BCUT2D eigenvalue weighted by Gasteiger charge is -2.21. The first kappa shape index (κ1) is 24.0. The average molecular weight is 491 g/mol. The highest BCUT2D eigenvalue weighted by Crippen LogP contribution is 2.30. The first-order valence-corrected chi connectivity index (χ1v) is 12.4. The summed E-state index contributed by atoms with van der Waals surface area (Å²) in [5.41, 5.74) is 2.62. The van der Waals surface area contributed by atoms with Crippen LogP contribution in [0, 0.1) is 0 Å². The van der Waals surface area contributed by atoms with E-state index in [0.29, 0.717) is 30.0 Å². The Bertz CT molecular complexity index is 1400. The minimum absolute atomic E-state index is 0.0777. The van der Waals surface area contributed by atoms with Gasteiger partial charge in [0.2, 0.25) is 0 Å². The SMILES string of the molecule is COc1ccccc1N(C)S(=O)(=O)c1ccc(C(=O)NCCc2ccn(-c3ccccc3)n2)cc1. The van der Waals surface area contributed by atoms with Gasteiger partial charge >= 0.3 is 0 Å². The molecule has 0 bridgehead atoms. The van der Waals surface area contributed by atoms with Crippen molar-refractivity contribution in [2.75, 3.05) is 25.0 Å². The number of carbonyl (C=O) groups is 1. The van der Waals surface area contributed by atoms with Crippen molar-refractivity contribution < 1.29 is 17.9 Å². The molecule has 0 aliphatic heterocycles. The molecule has 0 saturated heterocycles. The summed E-state index contributed by atoms with van der Waals surface area (Å²) in [7, 11) is -0.877. The maximum absolute atomic E-state index is 13.1. The van der Waals surface area contributed by atoms with Gasteiger partial charge in [-0.05, 0) is 54.6 Å². The van der Waals surface area contributed by atoms with Gasteiger partial charge in [0.1, 0.15) is 5.75 Å². The number of carbonyl (C=O) groups excluding carboxylic acids is 1. The van der Waals surface area contributed by atoms with Crippen molar-refractivity contribution in [3.8, 4) is 11.4 Å². The van der Waals surface area contributed by atoms with Crippen LogP contribution < -0.4 is 14.4 Å². The average Bonchev–Trinajstić information content (AvgIpc) is 3.37. The molecule has 4 rings (SSSR count). The lowest BCUT2D eigenvalue weighted by atomic mass is 10.2. The van der Waals surface area contributed by atoms with E-state index in [1.807, 2.05) is 42.6 Å². The Morgan fingerprint density at radius 1 is 0.971 bits per heavy atom. The molecule has 0 saturated carbocycles. The van der Waals surface area contributed by atoms with Gasteiger partial charge in [0.15, 0.2) is 0 Å². The van der Waals surface area contributed by atoms with Crippen LogP contribution in [0.3, 0.4) is 0 Å². The first-order valence-electron chi connectivity index (χ1n) is 11.0. The van der Waals surface area contributed by atoms with Crippen LogP contribution in [0.5, 0.6) is 5.75 Å². The highest BCUT2D eigenvalue weighted by Gasteiger charge is 2.24. The van der Waals surface area contributed by atoms with Crippen molar-refractivity contribution in [2.24, 2.45) is 0 Å². The standard InChI is InChI=1S/C26H26N4O4S/c1-29(24-10-6-7-11-25(24)34-2)35(32,33)23-14-12-20(13-15-23)26(31)27-18-16-21-17-19-30(28-21)22-8-4-3-5-9-22/h3-15,17,19H,16,18H2,1-2H3,(H,27,31). The molecule has 1 amide bonds. The van der Waals surface area contributed by atoms with Crippen molar-refractivity contribution in [3.05, 3.63) is 102 Å². The topological polar surface area (TPSA) is 93.5 Å². The molecule has 0 aliphatic carbocycles. The molecule has 0 unspecified atom stereocenters. The van der Waals surface area contributed by atoms with E-state index in [0.717, 1.165) is 15.7 Å². The van der Waals surface area contributed by atoms with E-state index in [2.05, 4.69) is 10.4 Å². The van der Waals surface area contributed by atoms with Gasteiger partial charge in [-0.1, -0.05) is 30.3 Å². The van der Waals surface area contributed by atoms with Crippen LogP contribution in [0.1, 0.15) is 16.1 Å². The lowest BCUT2D eigenvalue weighted by Crippen LogP contribution is -2.28. The Labute approximate surface area is 204 Å². The molecule has 0 atom stereocenters. The minimum atomic E-state index is -3.83. The van der Waals surface area contributed by atoms with Gasteiger partial charge in [-0.25, -0.2) is 13.1 Å². The molecule has 1 heterocycles. The van der Waals surface area contributed by atoms with Crippen LogP contribution in [-0.2, 0) is 16.4 Å². The van der Waals surface area contributed by atoms with E-state index in [1.165, 1.54) is 38.4 Å². The number of nitrogens with one attached hydrogen (secondary N) is 1. The van der Waals surface area contributed by atoms with Gasteiger partial charge in [-0.2, -0.15) is 5.10 Å². The number of rotatable bonds is 9. The molecule has 3 aromatic carbocycles. The predicted octanol–water partition coefficient (Wildman–Crippen LogP) is 3.68. The van der Waals surface area contributed by atoms with Crippen molar-refractivity contribution in [3.63, 3.8) is 0 Å². The third kappa shape index (κ3) is 5.36. The molecule has 1 N–H and O–H groups in total. The number of ether oxygens (including phenoxy) is 1. The number of sulfonamides is 1. The van der Waals surface area contributed by atoms with E-state index >= 15 is 0 Å². The number of methoxy groups -OCH3 is 1. The second kappa shape index (κ2) is 10.4. The molecular weight excluding hydrogens is 464 g/mol. The largest absolute Gasteiger partial charge is 0.495 e. The van der Waals surface area contributed by atoms with Crippen molar-refractivity contribution in [1.82, 2.24) is 15.1 Å². The Kier molecular flexibility index (Phi) is 7.17. The van der Waals surface area contributed by atoms with Crippen LogP contribution in [0.15, 0.2) is 96.0 Å². The predicted molar refractivity (Wildman–Crippen MR) is 135 cm³/mol. The molecule has 8 nitrogen and oxygen atoms in total. The summed E-state index contributed by atoms with van der Waals surface area (Å²) < 4.78 is 34.4.